The molecule has 2 aromatic rings. The van der Waals surface area contributed by atoms with Crippen LogP contribution in [0.4, 0.5) is 0 Å². The van der Waals surface area contributed by atoms with Crippen molar-refractivity contribution in [3.8, 4) is 0 Å². The number of nitrogens with zero attached hydrogens (tertiary/aromatic N) is 2. The summed E-state index contributed by atoms with van der Waals surface area (Å²) in [6.45, 7) is 5.89. The molecule has 134 valence electrons. The van der Waals surface area contributed by atoms with Crippen LogP contribution in [-0.2, 0) is 4.79 Å². The molecule has 2 aliphatic heterocycles. The number of likely N-dealkylation sites (tertiary alicyclic amines) is 2. The molecule has 3 heterocycles. The Hall–Kier alpha value is -1.46. The lowest BCUT2D eigenvalue weighted by molar-refractivity contribution is -0.921. The Morgan fingerprint density at radius 2 is 2.16 bits per heavy atom. The van der Waals surface area contributed by atoms with Gasteiger partial charge < -0.3 is 9.80 Å². The van der Waals surface area contributed by atoms with Gasteiger partial charge in [0.25, 0.3) is 5.91 Å². The largest absolute Gasteiger partial charge is 0.337 e. The highest BCUT2D eigenvalue weighted by atomic mass is 32.1. The number of carbonyl (C=O) groups excluding carboxylic acids is 1. The van der Waals surface area contributed by atoms with Crippen LogP contribution in [0.5, 0.6) is 0 Å². The number of thiazole rings is 1. The fourth-order valence-corrected chi connectivity index (χ4v) is 5.38. The Balaban J connectivity index is 1.42. The zero-order valence-corrected chi connectivity index (χ0v) is 15.9. The van der Waals surface area contributed by atoms with Gasteiger partial charge in [0.1, 0.15) is 0 Å². The van der Waals surface area contributed by atoms with Crippen LogP contribution >= 0.6 is 11.3 Å². The van der Waals surface area contributed by atoms with Crippen molar-refractivity contribution in [3.63, 3.8) is 0 Å². The third-order valence-electron chi connectivity index (χ3n) is 5.89. The van der Waals surface area contributed by atoms with E-state index in [1.807, 2.05) is 6.07 Å². The molecule has 1 aromatic carbocycles. The van der Waals surface area contributed by atoms with Crippen molar-refractivity contribution >= 4 is 27.5 Å². The zero-order valence-electron chi connectivity index (χ0n) is 15.0. The molecule has 3 atom stereocenters. The molecule has 0 spiro atoms. The number of hydrogen-bond donors (Lipinski definition) is 1. The van der Waals surface area contributed by atoms with Crippen molar-refractivity contribution in [2.75, 3.05) is 26.2 Å². The van der Waals surface area contributed by atoms with Crippen LogP contribution in [0.2, 0.25) is 0 Å². The molecule has 2 saturated heterocycles. The first kappa shape index (κ1) is 17.0. The summed E-state index contributed by atoms with van der Waals surface area (Å²) in [7, 11) is 0. The fraction of sp³-hybridized carbons (Fsp3) is 0.600. The highest BCUT2D eigenvalue weighted by Crippen LogP contribution is 2.32. The van der Waals surface area contributed by atoms with E-state index in [-0.39, 0.29) is 0 Å². The lowest BCUT2D eigenvalue weighted by atomic mass is 9.98. The summed E-state index contributed by atoms with van der Waals surface area (Å²) < 4.78 is 1.26. The first-order valence-electron chi connectivity index (χ1n) is 9.68. The number of piperidine rings is 2. The normalized spacial score (nSPS) is 27.6. The van der Waals surface area contributed by atoms with E-state index in [4.69, 9.17) is 4.98 Å². The Bertz CT molecular complexity index is 710. The summed E-state index contributed by atoms with van der Waals surface area (Å²) in [5.41, 5.74) is 1.09. The second-order valence-electron chi connectivity index (χ2n) is 7.68. The van der Waals surface area contributed by atoms with E-state index in [1.165, 1.54) is 33.9 Å². The Morgan fingerprint density at radius 3 is 3.00 bits per heavy atom. The lowest BCUT2D eigenvalue weighted by Gasteiger charge is -2.35. The molecule has 0 bridgehead atoms. The molecule has 2 fully saturated rings. The summed E-state index contributed by atoms with van der Waals surface area (Å²) in [4.78, 5) is 21.3. The van der Waals surface area contributed by atoms with Crippen LogP contribution in [0, 0.1) is 0 Å². The molecule has 0 radical (unpaired) electrons. The monoisotopic (exact) mass is 358 g/mol. The molecular weight excluding hydrogens is 330 g/mol. The number of quaternary nitrogens is 1. The number of fused-ring (bicyclic) bond motifs is 1. The summed E-state index contributed by atoms with van der Waals surface area (Å²) in [6, 6.07) is 8.97. The Morgan fingerprint density at radius 1 is 1.28 bits per heavy atom. The number of para-hydroxylation sites is 1. The third-order valence-corrected chi connectivity index (χ3v) is 7.09. The highest BCUT2D eigenvalue weighted by Gasteiger charge is 2.31. The van der Waals surface area contributed by atoms with Gasteiger partial charge in [-0.25, -0.2) is 4.98 Å². The van der Waals surface area contributed by atoms with Gasteiger partial charge in [0, 0.05) is 19.0 Å². The molecule has 0 saturated carbocycles. The number of benzene rings is 1. The van der Waals surface area contributed by atoms with Gasteiger partial charge in [0.05, 0.1) is 27.8 Å². The topological polar surface area (TPSA) is 37.6 Å². The second kappa shape index (κ2) is 7.42. The van der Waals surface area contributed by atoms with Crippen LogP contribution in [0.3, 0.4) is 0 Å². The van der Waals surface area contributed by atoms with E-state index in [9.17, 15) is 4.79 Å². The molecule has 4 rings (SSSR count). The van der Waals surface area contributed by atoms with Gasteiger partial charge in [0.2, 0.25) is 0 Å². The molecule has 5 heteroatoms. The summed E-state index contributed by atoms with van der Waals surface area (Å²) in [5.74, 6) is 0.749. The van der Waals surface area contributed by atoms with Crippen molar-refractivity contribution < 1.29 is 9.69 Å². The number of amides is 1. The summed E-state index contributed by atoms with van der Waals surface area (Å²) in [5, 5.41) is 1.21. The molecular formula is C20H28N3OS+. The SMILES string of the molecule is C[C@H]1CCCC[NH+]1CC(=O)N1CCC[C@H](c2nc3ccccc3s2)C1. The smallest absolute Gasteiger partial charge is 0.277 e. The number of aromatic nitrogens is 1. The van der Waals surface area contributed by atoms with Crippen LogP contribution in [0.1, 0.15) is 50.0 Å². The van der Waals surface area contributed by atoms with E-state index in [2.05, 4.69) is 30.0 Å². The molecule has 0 aliphatic carbocycles. The first-order valence-corrected chi connectivity index (χ1v) is 10.5. The van der Waals surface area contributed by atoms with Crippen molar-refractivity contribution in [3.05, 3.63) is 29.3 Å². The first-order chi connectivity index (χ1) is 12.2. The molecule has 25 heavy (non-hydrogen) atoms. The van der Waals surface area contributed by atoms with Crippen molar-refractivity contribution in [2.45, 2.75) is 51.0 Å². The predicted molar refractivity (Wildman–Crippen MR) is 102 cm³/mol. The highest BCUT2D eigenvalue weighted by molar-refractivity contribution is 7.18. The lowest BCUT2D eigenvalue weighted by Crippen LogP contribution is -3.17. The number of rotatable bonds is 3. The zero-order chi connectivity index (χ0) is 17.2. The molecule has 1 aromatic heterocycles. The van der Waals surface area contributed by atoms with Crippen LogP contribution < -0.4 is 4.90 Å². The Labute approximate surface area is 153 Å². The van der Waals surface area contributed by atoms with E-state index >= 15 is 0 Å². The van der Waals surface area contributed by atoms with E-state index in [0.717, 1.165) is 38.0 Å². The number of hydrogen-bond acceptors (Lipinski definition) is 3. The standard InChI is InChI=1S/C20H27N3OS/c1-15-7-4-5-11-22(15)14-19(24)23-12-6-8-16(13-23)20-21-17-9-2-3-10-18(17)25-20/h2-3,9-10,15-16H,4-8,11-14H2,1H3/p+1/t15-,16-/m0/s1. The van der Waals surface area contributed by atoms with Gasteiger partial charge in [-0.2, -0.15) is 0 Å². The maximum absolute atomic E-state index is 12.8. The van der Waals surface area contributed by atoms with Crippen molar-refractivity contribution in [1.82, 2.24) is 9.88 Å². The van der Waals surface area contributed by atoms with Crippen LogP contribution in [0.25, 0.3) is 10.2 Å². The van der Waals surface area contributed by atoms with Gasteiger partial charge in [0.15, 0.2) is 6.54 Å². The Kier molecular flexibility index (Phi) is 5.04. The van der Waals surface area contributed by atoms with Crippen molar-refractivity contribution in [2.24, 2.45) is 0 Å². The minimum absolute atomic E-state index is 0.342. The van der Waals surface area contributed by atoms with Gasteiger partial charge >= 0.3 is 0 Å². The summed E-state index contributed by atoms with van der Waals surface area (Å²) >= 11 is 1.80. The predicted octanol–water partition coefficient (Wildman–Crippen LogP) is 2.46. The van der Waals surface area contributed by atoms with Gasteiger partial charge in [-0.1, -0.05) is 12.1 Å². The minimum Gasteiger partial charge on any atom is -0.337 e. The van der Waals surface area contributed by atoms with Crippen molar-refractivity contribution in [1.29, 1.82) is 0 Å². The quantitative estimate of drug-likeness (QED) is 0.915. The van der Waals surface area contributed by atoms with Gasteiger partial charge in [-0.05, 0) is 51.2 Å². The van der Waals surface area contributed by atoms with E-state index < -0.39 is 0 Å². The van der Waals surface area contributed by atoms with Crippen LogP contribution in [0.15, 0.2) is 24.3 Å². The average molecular weight is 359 g/mol. The fourth-order valence-electron chi connectivity index (χ4n) is 4.29. The molecule has 2 aliphatic rings. The maximum atomic E-state index is 12.8. The van der Waals surface area contributed by atoms with E-state index in [0.29, 0.717) is 24.4 Å². The molecule has 4 nitrogen and oxygen atoms in total. The average Bonchev–Trinajstić information content (AvgIpc) is 3.08. The van der Waals surface area contributed by atoms with Gasteiger partial charge in [-0.15, -0.1) is 11.3 Å². The molecule has 1 N–H and O–H groups in total. The second-order valence-corrected chi connectivity index (χ2v) is 8.74. The molecule has 1 amide bonds. The number of carbonyl (C=O) groups is 1. The van der Waals surface area contributed by atoms with Gasteiger partial charge in [-0.3, -0.25) is 4.79 Å². The third kappa shape index (κ3) is 3.72. The van der Waals surface area contributed by atoms with E-state index in [1.54, 1.807) is 11.3 Å². The number of nitrogens with one attached hydrogen (secondary N) is 1. The van der Waals surface area contributed by atoms with Crippen LogP contribution in [-0.4, -0.2) is 48.0 Å². The molecule has 1 unspecified atom stereocenters. The summed E-state index contributed by atoms with van der Waals surface area (Å²) in [6.07, 6.45) is 6.09. The maximum Gasteiger partial charge on any atom is 0.277 e. The minimum atomic E-state index is 0.342.